The molecule has 78 valence electrons. The van der Waals surface area contributed by atoms with Crippen LogP contribution in [0.1, 0.15) is 20.3 Å². The van der Waals surface area contributed by atoms with Crippen LogP contribution in [0.25, 0.3) is 0 Å². The average Bonchev–Trinajstić information content (AvgIpc) is 2.13. The van der Waals surface area contributed by atoms with Crippen LogP contribution in [-0.2, 0) is 9.59 Å². The van der Waals surface area contributed by atoms with Crippen LogP contribution in [-0.4, -0.2) is 23.3 Å². The molecule has 0 spiro atoms. The maximum Gasteiger partial charge on any atom is 0.216 e. The molecule has 0 rings (SSSR count). The van der Waals surface area contributed by atoms with Gasteiger partial charge in [0.15, 0.2) is 5.12 Å². The fourth-order valence-electron chi connectivity index (χ4n) is 0.711. The van der Waals surface area contributed by atoms with Gasteiger partial charge in [-0.1, -0.05) is 11.8 Å². The topological polar surface area (TPSA) is 46.2 Å². The maximum atomic E-state index is 11.1. The highest BCUT2D eigenvalue weighted by molar-refractivity contribution is 8.13. The quantitative estimate of drug-likeness (QED) is 0.556. The summed E-state index contributed by atoms with van der Waals surface area (Å²) in [5.41, 5.74) is 2.83. The van der Waals surface area contributed by atoms with E-state index in [1.165, 1.54) is 18.7 Å². The molecule has 4 heteroatoms. The van der Waals surface area contributed by atoms with Gasteiger partial charge in [-0.25, -0.2) is 0 Å². The molecule has 0 aliphatic heterocycles. The van der Waals surface area contributed by atoms with E-state index in [1.54, 1.807) is 12.2 Å². The summed E-state index contributed by atoms with van der Waals surface area (Å²) >= 11 is 1.23. The SMILES string of the molecule is CC=C=CCC(=O)SCCNC(C)=O. The van der Waals surface area contributed by atoms with E-state index in [9.17, 15) is 9.59 Å². The second kappa shape index (κ2) is 8.60. The van der Waals surface area contributed by atoms with Gasteiger partial charge in [0.05, 0.1) is 0 Å². The van der Waals surface area contributed by atoms with Crippen molar-refractivity contribution in [3.8, 4) is 0 Å². The van der Waals surface area contributed by atoms with Crippen LogP contribution in [0.3, 0.4) is 0 Å². The van der Waals surface area contributed by atoms with Gasteiger partial charge in [0.1, 0.15) is 0 Å². The third kappa shape index (κ3) is 9.10. The molecular formula is C10H15NO2S. The highest BCUT2D eigenvalue weighted by Crippen LogP contribution is 2.04. The van der Waals surface area contributed by atoms with Gasteiger partial charge >= 0.3 is 0 Å². The van der Waals surface area contributed by atoms with Crippen LogP contribution in [0.5, 0.6) is 0 Å². The minimum Gasteiger partial charge on any atom is -0.356 e. The summed E-state index contributed by atoms with van der Waals surface area (Å²) in [6.07, 6.45) is 3.86. The molecule has 14 heavy (non-hydrogen) atoms. The first kappa shape index (κ1) is 13.0. The highest BCUT2D eigenvalue weighted by Gasteiger charge is 1.99. The van der Waals surface area contributed by atoms with Crippen LogP contribution in [0.4, 0.5) is 0 Å². The normalized spacial score (nSPS) is 8.71. The van der Waals surface area contributed by atoms with Crippen molar-refractivity contribution in [3.63, 3.8) is 0 Å². The second-order valence-electron chi connectivity index (χ2n) is 2.57. The van der Waals surface area contributed by atoms with Crippen molar-refractivity contribution in [3.05, 3.63) is 17.9 Å². The summed E-state index contributed by atoms with van der Waals surface area (Å²) in [7, 11) is 0. The van der Waals surface area contributed by atoms with Gasteiger partial charge in [-0.05, 0) is 19.1 Å². The third-order valence-electron chi connectivity index (χ3n) is 1.29. The lowest BCUT2D eigenvalue weighted by molar-refractivity contribution is -0.118. The predicted molar refractivity (Wildman–Crippen MR) is 59.1 cm³/mol. The smallest absolute Gasteiger partial charge is 0.216 e. The van der Waals surface area contributed by atoms with Gasteiger partial charge in [-0.15, -0.1) is 5.73 Å². The number of amides is 1. The number of rotatable bonds is 5. The monoisotopic (exact) mass is 213 g/mol. The fraction of sp³-hybridized carbons (Fsp3) is 0.500. The molecule has 0 aromatic heterocycles. The number of nitrogens with one attached hydrogen (secondary N) is 1. The molecule has 0 saturated carbocycles. The van der Waals surface area contributed by atoms with Crippen LogP contribution in [0, 0.1) is 0 Å². The second-order valence-corrected chi connectivity index (χ2v) is 3.72. The maximum absolute atomic E-state index is 11.1. The average molecular weight is 213 g/mol. The van der Waals surface area contributed by atoms with Crippen LogP contribution >= 0.6 is 11.8 Å². The third-order valence-corrected chi connectivity index (χ3v) is 2.19. The van der Waals surface area contributed by atoms with Gasteiger partial charge in [0.2, 0.25) is 5.91 Å². The molecule has 3 nitrogen and oxygen atoms in total. The van der Waals surface area contributed by atoms with Gasteiger partial charge in [-0.2, -0.15) is 0 Å². The van der Waals surface area contributed by atoms with E-state index in [1.807, 2.05) is 6.92 Å². The van der Waals surface area contributed by atoms with Crippen LogP contribution < -0.4 is 5.32 Å². The summed E-state index contributed by atoms with van der Waals surface area (Å²) in [6.45, 7) is 3.85. The molecule has 0 radical (unpaired) electrons. The number of hydrogen-bond acceptors (Lipinski definition) is 3. The molecular weight excluding hydrogens is 198 g/mol. The standard InChI is InChI=1S/C10H15NO2S/c1-3-4-5-6-10(13)14-8-7-11-9(2)12/h3,5H,6-8H2,1-2H3,(H,11,12). The van der Waals surface area contributed by atoms with Gasteiger partial charge in [0.25, 0.3) is 0 Å². The van der Waals surface area contributed by atoms with Gasteiger partial charge < -0.3 is 5.32 Å². The Hall–Kier alpha value is -0.990. The molecule has 0 aliphatic rings. The molecule has 1 N–H and O–H groups in total. The Morgan fingerprint density at radius 1 is 1.50 bits per heavy atom. The molecule has 0 aromatic carbocycles. The van der Waals surface area contributed by atoms with Crippen molar-refractivity contribution in [2.45, 2.75) is 20.3 Å². The van der Waals surface area contributed by atoms with E-state index in [4.69, 9.17) is 0 Å². The first-order valence-corrected chi connectivity index (χ1v) is 5.41. The summed E-state index contributed by atoms with van der Waals surface area (Å²) in [6, 6.07) is 0. The number of allylic oxidation sites excluding steroid dienone is 1. The van der Waals surface area contributed by atoms with Crippen molar-refractivity contribution < 1.29 is 9.59 Å². The molecule has 0 fully saturated rings. The predicted octanol–water partition coefficient (Wildman–Crippen LogP) is 1.50. The van der Waals surface area contributed by atoms with Gasteiger partial charge in [0, 0.05) is 25.6 Å². The first-order valence-electron chi connectivity index (χ1n) is 4.42. The van der Waals surface area contributed by atoms with Crippen molar-refractivity contribution in [1.82, 2.24) is 5.32 Å². The minimum absolute atomic E-state index is 0.0631. The summed E-state index contributed by atoms with van der Waals surface area (Å²) in [5, 5.41) is 2.73. The summed E-state index contributed by atoms with van der Waals surface area (Å²) < 4.78 is 0. The molecule has 0 unspecified atom stereocenters. The Kier molecular flexibility index (Phi) is 7.99. The summed E-state index contributed by atoms with van der Waals surface area (Å²) in [5.74, 6) is 0.564. The van der Waals surface area contributed by atoms with Crippen molar-refractivity contribution in [2.24, 2.45) is 0 Å². The Balaban J connectivity index is 3.45. The largest absolute Gasteiger partial charge is 0.356 e. The molecule has 0 aromatic rings. The fourth-order valence-corrected chi connectivity index (χ4v) is 1.34. The van der Waals surface area contributed by atoms with Gasteiger partial charge in [-0.3, -0.25) is 9.59 Å². The summed E-state index contributed by atoms with van der Waals surface area (Å²) in [4.78, 5) is 21.6. The first-order chi connectivity index (χ1) is 6.66. The molecule has 0 aliphatic carbocycles. The molecule has 0 saturated heterocycles. The molecule has 0 bridgehead atoms. The number of hydrogen-bond donors (Lipinski definition) is 1. The lowest BCUT2D eigenvalue weighted by Crippen LogP contribution is -2.22. The Morgan fingerprint density at radius 3 is 2.79 bits per heavy atom. The Bertz CT molecular complexity index is 255. The van der Waals surface area contributed by atoms with Crippen molar-refractivity contribution >= 4 is 22.8 Å². The van der Waals surface area contributed by atoms with E-state index in [2.05, 4.69) is 11.0 Å². The number of carbonyl (C=O) groups excluding carboxylic acids is 2. The zero-order valence-electron chi connectivity index (χ0n) is 8.50. The highest BCUT2D eigenvalue weighted by atomic mass is 32.2. The lowest BCUT2D eigenvalue weighted by atomic mass is 10.4. The van der Waals surface area contributed by atoms with E-state index >= 15 is 0 Å². The van der Waals surface area contributed by atoms with E-state index in [0.29, 0.717) is 18.7 Å². The van der Waals surface area contributed by atoms with Crippen molar-refractivity contribution in [1.29, 1.82) is 0 Å². The van der Waals surface area contributed by atoms with E-state index in [-0.39, 0.29) is 11.0 Å². The lowest BCUT2D eigenvalue weighted by Gasteiger charge is -1.99. The van der Waals surface area contributed by atoms with Crippen LogP contribution in [0.2, 0.25) is 0 Å². The minimum atomic E-state index is -0.0631. The number of carbonyl (C=O) groups is 2. The Labute approximate surface area is 88.6 Å². The molecule has 1 amide bonds. The van der Waals surface area contributed by atoms with Crippen molar-refractivity contribution in [2.75, 3.05) is 12.3 Å². The van der Waals surface area contributed by atoms with E-state index < -0.39 is 0 Å². The Morgan fingerprint density at radius 2 is 2.21 bits per heavy atom. The molecule has 0 heterocycles. The zero-order valence-corrected chi connectivity index (χ0v) is 9.32. The molecule has 0 atom stereocenters. The van der Waals surface area contributed by atoms with Crippen LogP contribution in [0.15, 0.2) is 17.9 Å². The number of thioether (sulfide) groups is 1. The zero-order chi connectivity index (χ0) is 10.8. The van der Waals surface area contributed by atoms with E-state index in [0.717, 1.165) is 0 Å².